The van der Waals surface area contributed by atoms with Crippen LogP contribution in [0.4, 0.5) is 17.1 Å². The van der Waals surface area contributed by atoms with E-state index in [1.54, 1.807) is 20.1 Å². The first-order valence-electron chi connectivity index (χ1n) is 10.5. The van der Waals surface area contributed by atoms with Crippen LogP contribution in [0.25, 0.3) is 6.08 Å². The molecule has 9 heteroatoms. The molecule has 5 rings (SSSR count). The van der Waals surface area contributed by atoms with E-state index in [-0.39, 0.29) is 17.2 Å². The highest BCUT2D eigenvalue weighted by Crippen LogP contribution is 2.50. The molecule has 0 N–H and O–H groups in total. The standard InChI is InChI=1S/C24H21N3O6/c1-12-4-6-15(27(31)32)11-19(12)26-23(29)20-18-8-5-14-10-16(33-3)7-9-17(14)25(18)22(13(2)28)21(20)24(26)30/h4-11,18,20-22H,1-3H3. The van der Waals surface area contributed by atoms with Crippen molar-refractivity contribution >= 4 is 40.7 Å². The van der Waals surface area contributed by atoms with E-state index in [1.807, 2.05) is 29.2 Å². The number of carbonyl (C=O) groups excluding carboxylic acids is 3. The minimum absolute atomic E-state index is 0.187. The number of nitro benzene ring substituents is 1. The number of carbonyl (C=O) groups is 3. The quantitative estimate of drug-likeness (QED) is 0.403. The maximum Gasteiger partial charge on any atom is 0.271 e. The van der Waals surface area contributed by atoms with Gasteiger partial charge in [-0.05, 0) is 37.6 Å². The minimum Gasteiger partial charge on any atom is -0.497 e. The fourth-order valence-electron chi connectivity index (χ4n) is 5.33. The third-order valence-corrected chi connectivity index (χ3v) is 6.77. The van der Waals surface area contributed by atoms with Crippen molar-refractivity contribution in [3.05, 3.63) is 63.7 Å². The summed E-state index contributed by atoms with van der Waals surface area (Å²) >= 11 is 0. The molecule has 0 radical (unpaired) electrons. The summed E-state index contributed by atoms with van der Waals surface area (Å²) in [5.41, 5.74) is 2.14. The molecule has 0 aromatic heterocycles. The van der Waals surface area contributed by atoms with E-state index in [4.69, 9.17) is 4.74 Å². The van der Waals surface area contributed by atoms with E-state index in [2.05, 4.69) is 0 Å². The van der Waals surface area contributed by atoms with Crippen molar-refractivity contribution in [2.75, 3.05) is 16.9 Å². The highest BCUT2D eigenvalue weighted by atomic mass is 16.6. The molecule has 33 heavy (non-hydrogen) atoms. The topological polar surface area (TPSA) is 110 Å². The van der Waals surface area contributed by atoms with Crippen LogP contribution in [0.15, 0.2) is 42.5 Å². The van der Waals surface area contributed by atoms with Crippen molar-refractivity contribution in [2.45, 2.75) is 25.9 Å². The number of methoxy groups -OCH3 is 1. The van der Waals surface area contributed by atoms with Crippen molar-refractivity contribution in [3.63, 3.8) is 0 Å². The monoisotopic (exact) mass is 447 g/mol. The summed E-state index contributed by atoms with van der Waals surface area (Å²) in [7, 11) is 1.57. The van der Waals surface area contributed by atoms with Crippen molar-refractivity contribution in [1.29, 1.82) is 0 Å². The van der Waals surface area contributed by atoms with E-state index >= 15 is 0 Å². The van der Waals surface area contributed by atoms with Gasteiger partial charge in [0.2, 0.25) is 11.8 Å². The zero-order valence-electron chi connectivity index (χ0n) is 18.2. The summed E-state index contributed by atoms with van der Waals surface area (Å²) in [6.45, 7) is 3.11. The van der Waals surface area contributed by atoms with Crippen molar-refractivity contribution in [1.82, 2.24) is 0 Å². The van der Waals surface area contributed by atoms with Crippen LogP contribution in [0, 0.1) is 28.9 Å². The van der Waals surface area contributed by atoms with Gasteiger partial charge in [-0.25, -0.2) is 4.90 Å². The molecule has 0 bridgehead atoms. The molecule has 9 nitrogen and oxygen atoms in total. The second-order valence-electron chi connectivity index (χ2n) is 8.53. The lowest BCUT2D eigenvalue weighted by molar-refractivity contribution is -0.384. The number of hydrogen-bond acceptors (Lipinski definition) is 7. The number of hydrogen-bond donors (Lipinski definition) is 0. The van der Waals surface area contributed by atoms with Crippen LogP contribution >= 0.6 is 0 Å². The van der Waals surface area contributed by atoms with Gasteiger partial charge in [-0.1, -0.05) is 18.2 Å². The summed E-state index contributed by atoms with van der Waals surface area (Å²) in [6.07, 6.45) is 3.72. The summed E-state index contributed by atoms with van der Waals surface area (Å²) in [4.78, 5) is 53.6. The first-order chi connectivity index (χ1) is 15.7. The number of anilines is 2. The predicted molar refractivity (Wildman–Crippen MR) is 120 cm³/mol. The molecule has 0 spiro atoms. The average Bonchev–Trinajstić information content (AvgIpc) is 3.26. The lowest BCUT2D eigenvalue weighted by Gasteiger charge is -2.36. The Kier molecular flexibility index (Phi) is 4.59. The zero-order valence-corrected chi connectivity index (χ0v) is 18.2. The number of Topliss-reactive ketones (excluding diaryl/α,β-unsaturated/α-hetero) is 1. The first-order valence-corrected chi connectivity index (χ1v) is 10.5. The molecule has 2 aromatic rings. The third-order valence-electron chi connectivity index (χ3n) is 6.77. The van der Waals surface area contributed by atoms with E-state index in [0.29, 0.717) is 11.3 Å². The molecular formula is C24H21N3O6. The Morgan fingerprint density at radius 2 is 1.79 bits per heavy atom. The summed E-state index contributed by atoms with van der Waals surface area (Å²) in [6, 6.07) is 8.24. The van der Waals surface area contributed by atoms with Crippen molar-refractivity contribution < 1.29 is 24.0 Å². The Morgan fingerprint density at radius 1 is 1.06 bits per heavy atom. The number of ketones is 1. The number of amides is 2. The van der Waals surface area contributed by atoms with E-state index < -0.39 is 40.7 Å². The van der Waals surface area contributed by atoms with Crippen molar-refractivity contribution in [2.24, 2.45) is 11.8 Å². The molecule has 0 saturated carbocycles. The van der Waals surface area contributed by atoms with Gasteiger partial charge in [0.05, 0.1) is 35.6 Å². The number of non-ortho nitro benzene ring substituents is 1. The number of nitro groups is 1. The molecular weight excluding hydrogens is 426 g/mol. The molecule has 168 valence electrons. The number of nitrogens with zero attached hydrogens (tertiary/aromatic N) is 3. The van der Waals surface area contributed by atoms with E-state index in [1.165, 1.54) is 25.1 Å². The van der Waals surface area contributed by atoms with Gasteiger partial charge in [-0.2, -0.15) is 0 Å². The Labute approximate surface area is 189 Å². The number of imide groups is 1. The SMILES string of the molecule is COc1ccc2c(c1)C=CC1C3C(=O)N(c4cc([N+](=O)[O-])ccc4C)C(=O)C3C(C(C)=O)N21. The molecule has 3 aliphatic heterocycles. The van der Waals surface area contributed by atoms with Gasteiger partial charge < -0.3 is 9.64 Å². The van der Waals surface area contributed by atoms with Crippen LogP contribution in [0.5, 0.6) is 5.75 Å². The van der Waals surface area contributed by atoms with E-state index in [9.17, 15) is 24.5 Å². The second-order valence-corrected chi connectivity index (χ2v) is 8.53. The Bertz CT molecular complexity index is 1270. The van der Waals surface area contributed by atoms with Crippen LogP contribution < -0.4 is 14.5 Å². The lowest BCUT2D eigenvalue weighted by Crippen LogP contribution is -2.48. The summed E-state index contributed by atoms with van der Waals surface area (Å²) in [5.74, 6) is -2.16. The molecule has 3 aliphatic rings. The number of ether oxygens (including phenoxy) is 1. The van der Waals surface area contributed by atoms with Gasteiger partial charge in [0.15, 0.2) is 5.78 Å². The number of rotatable bonds is 4. The van der Waals surface area contributed by atoms with E-state index in [0.717, 1.165) is 16.2 Å². The fourth-order valence-corrected chi connectivity index (χ4v) is 5.33. The van der Waals surface area contributed by atoms with Crippen LogP contribution in [-0.4, -0.2) is 41.7 Å². The first kappa shape index (κ1) is 20.9. The van der Waals surface area contributed by atoms with Crippen LogP contribution in [0.3, 0.4) is 0 Å². The highest BCUT2D eigenvalue weighted by molar-refractivity contribution is 6.25. The number of fused-ring (bicyclic) bond motifs is 5. The Hall–Kier alpha value is -4.01. The fraction of sp³-hybridized carbons (Fsp3) is 0.292. The predicted octanol–water partition coefficient (Wildman–Crippen LogP) is 2.89. The molecule has 2 saturated heterocycles. The number of aryl methyl sites for hydroxylation is 1. The average molecular weight is 447 g/mol. The summed E-state index contributed by atoms with van der Waals surface area (Å²) < 4.78 is 5.29. The Morgan fingerprint density at radius 3 is 2.45 bits per heavy atom. The molecule has 2 fully saturated rings. The molecule has 2 amide bonds. The van der Waals surface area contributed by atoms with Gasteiger partial charge in [-0.15, -0.1) is 0 Å². The molecule has 3 heterocycles. The molecule has 0 aliphatic carbocycles. The van der Waals surface area contributed by atoms with Gasteiger partial charge in [-0.3, -0.25) is 24.5 Å². The lowest BCUT2D eigenvalue weighted by atomic mass is 9.88. The second kappa shape index (κ2) is 7.26. The highest BCUT2D eigenvalue weighted by Gasteiger charge is 2.63. The maximum absolute atomic E-state index is 13.6. The van der Waals surface area contributed by atoms with Crippen molar-refractivity contribution in [3.8, 4) is 5.75 Å². The molecule has 4 unspecified atom stereocenters. The van der Waals surface area contributed by atoms with Gasteiger partial charge in [0.25, 0.3) is 5.69 Å². The molecule has 4 atom stereocenters. The van der Waals surface area contributed by atoms with Crippen LogP contribution in [0.2, 0.25) is 0 Å². The third kappa shape index (κ3) is 2.88. The maximum atomic E-state index is 13.6. The number of benzene rings is 2. The largest absolute Gasteiger partial charge is 0.497 e. The van der Waals surface area contributed by atoms with Gasteiger partial charge in [0, 0.05) is 23.4 Å². The van der Waals surface area contributed by atoms with Crippen LogP contribution in [-0.2, 0) is 14.4 Å². The van der Waals surface area contributed by atoms with Gasteiger partial charge in [0.1, 0.15) is 11.8 Å². The zero-order chi connectivity index (χ0) is 23.6. The Balaban J connectivity index is 1.61. The smallest absolute Gasteiger partial charge is 0.271 e. The summed E-state index contributed by atoms with van der Waals surface area (Å²) in [5, 5.41) is 11.3. The molecule has 2 aromatic carbocycles. The normalized spacial score (nSPS) is 25.1. The van der Waals surface area contributed by atoms with Crippen LogP contribution in [0.1, 0.15) is 18.1 Å². The van der Waals surface area contributed by atoms with Gasteiger partial charge >= 0.3 is 0 Å². The minimum atomic E-state index is -0.878.